The minimum absolute atomic E-state index is 0.107. The highest BCUT2D eigenvalue weighted by atomic mass is 32.2. The van der Waals surface area contributed by atoms with Crippen LogP contribution in [0.5, 0.6) is 5.75 Å². The topological polar surface area (TPSA) is 86.1 Å². The van der Waals surface area contributed by atoms with Crippen molar-refractivity contribution in [2.24, 2.45) is 0 Å². The lowest BCUT2D eigenvalue weighted by Gasteiger charge is -2.08. The average molecular weight is 443 g/mol. The Morgan fingerprint density at radius 1 is 1.06 bits per heavy atom. The first-order valence-corrected chi connectivity index (χ1v) is 10.8. The van der Waals surface area contributed by atoms with Gasteiger partial charge in [0.25, 0.3) is 5.91 Å². The molecule has 0 aliphatic carbocycles. The van der Waals surface area contributed by atoms with Crippen LogP contribution in [0, 0.1) is 5.82 Å². The molecule has 0 aliphatic heterocycles. The van der Waals surface area contributed by atoms with Crippen molar-refractivity contribution in [1.29, 1.82) is 0 Å². The lowest BCUT2D eigenvalue weighted by molar-refractivity contribution is 0.0952. The maximum absolute atomic E-state index is 13.0. The third-order valence-corrected chi connectivity index (χ3v) is 5.56. The number of nitrogens with zero attached hydrogens (tertiary/aromatic N) is 3. The number of thioether (sulfide) groups is 1. The summed E-state index contributed by atoms with van der Waals surface area (Å²) in [6, 6.07) is 12.4. The second-order valence-corrected chi connectivity index (χ2v) is 7.54. The van der Waals surface area contributed by atoms with Crippen LogP contribution >= 0.6 is 11.8 Å². The minimum atomic E-state index is -0.376. The molecule has 0 bridgehead atoms. The van der Waals surface area contributed by atoms with E-state index >= 15 is 0 Å². The monoisotopic (exact) mass is 442 g/mol. The molecule has 31 heavy (non-hydrogen) atoms. The normalized spacial score (nSPS) is 10.7. The molecule has 0 radical (unpaired) electrons. The number of carbonyl (C=O) groups is 2. The van der Waals surface area contributed by atoms with Gasteiger partial charge in [0.05, 0.1) is 12.9 Å². The van der Waals surface area contributed by atoms with Crippen LogP contribution in [-0.4, -0.2) is 45.9 Å². The molecule has 1 amide bonds. The molecule has 1 N–H and O–H groups in total. The number of ketones is 1. The Kier molecular flexibility index (Phi) is 7.77. The Bertz CT molecular complexity index is 1040. The second kappa shape index (κ2) is 10.7. The second-order valence-electron chi connectivity index (χ2n) is 6.60. The standard InChI is InChI=1S/C22H23FN4O3S/c1-3-27-20(12-13-24-21(29)16-6-10-18(30-2)11-7-16)25-26-22(27)31-14-19(28)15-4-8-17(23)9-5-15/h4-11H,3,12-14H2,1-2H3,(H,24,29). The van der Waals surface area contributed by atoms with Gasteiger partial charge in [-0.05, 0) is 55.5 Å². The zero-order valence-corrected chi connectivity index (χ0v) is 18.1. The molecule has 0 saturated carbocycles. The molecular weight excluding hydrogens is 419 g/mol. The van der Waals surface area contributed by atoms with Crippen molar-refractivity contribution >= 4 is 23.5 Å². The molecule has 0 aliphatic rings. The fraction of sp³-hybridized carbons (Fsp3) is 0.273. The number of carbonyl (C=O) groups excluding carboxylic acids is 2. The van der Waals surface area contributed by atoms with Gasteiger partial charge in [0.2, 0.25) is 0 Å². The number of methoxy groups -OCH3 is 1. The molecule has 9 heteroatoms. The average Bonchev–Trinajstić information content (AvgIpc) is 3.19. The van der Waals surface area contributed by atoms with Gasteiger partial charge in [0.1, 0.15) is 17.4 Å². The number of rotatable bonds is 10. The highest BCUT2D eigenvalue weighted by Crippen LogP contribution is 2.19. The SMILES string of the molecule is CCn1c(CCNC(=O)c2ccc(OC)cc2)nnc1SCC(=O)c1ccc(F)cc1. The fourth-order valence-electron chi connectivity index (χ4n) is 2.91. The lowest BCUT2D eigenvalue weighted by Crippen LogP contribution is -2.26. The fourth-order valence-corrected chi connectivity index (χ4v) is 3.83. The molecule has 1 heterocycles. The number of hydrogen-bond acceptors (Lipinski definition) is 6. The molecule has 0 spiro atoms. The van der Waals surface area contributed by atoms with Crippen molar-refractivity contribution in [3.8, 4) is 5.75 Å². The first-order valence-electron chi connectivity index (χ1n) is 9.77. The summed E-state index contributed by atoms with van der Waals surface area (Å²) in [5.74, 6) is 0.940. The van der Waals surface area contributed by atoms with Gasteiger partial charge in [-0.15, -0.1) is 10.2 Å². The van der Waals surface area contributed by atoms with E-state index in [0.29, 0.717) is 41.5 Å². The number of hydrogen-bond donors (Lipinski definition) is 1. The van der Waals surface area contributed by atoms with E-state index in [1.807, 2.05) is 11.5 Å². The van der Waals surface area contributed by atoms with E-state index in [0.717, 1.165) is 5.82 Å². The van der Waals surface area contributed by atoms with Crippen LogP contribution in [-0.2, 0) is 13.0 Å². The van der Waals surface area contributed by atoms with E-state index in [1.165, 1.54) is 36.0 Å². The molecule has 3 rings (SSSR count). The highest BCUT2D eigenvalue weighted by molar-refractivity contribution is 7.99. The van der Waals surface area contributed by atoms with Crippen LogP contribution in [0.15, 0.2) is 53.7 Å². The maximum atomic E-state index is 13.0. The summed E-state index contributed by atoms with van der Waals surface area (Å²) in [6.07, 6.45) is 0.509. The molecule has 0 saturated heterocycles. The third-order valence-electron chi connectivity index (χ3n) is 4.59. The Hall–Kier alpha value is -3.20. The van der Waals surface area contributed by atoms with Gasteiger partial charge in [-0.25, -0.2) is 4.39 Å². The van der Waals surface area contributed by atoms with E-state index in [-0.39, 0.29) is 23.3 Å². The Morgan fingerprint density at radius 3 is 2.39 bits per heavy atom. The lowest BCUT2D eigenvalue weighted by atomic mass is 10.1. The van der Waals surface area contributed by atoms with E-state index in [2.05, 4.69) is 15.5 Å². The summed E-state index contributed by atoms with van der Waals surface area (Å²) < 4.78 is 20.0. The van der Waals surface area contributed by atoms with E-state index in [9.17, 15) is 14.0 Å². The number of amides is 1. The van der Waals surface area contributed by atoms with Crippen LogP contribution in [0.1, 0.15) is 33.5 Å². The van der Waals surface area contributed by atoms with Crippen LogP contribution < -0.4 is 10.1 Å². The molecule has 3 aromatic rings. The van der Waals surface area contributed by atoms with Crippen LogP contribution in [0.3, 0.4) is 0 Å². The number of Topliss-reactive ketones (excluding diaryl/α,β-unsaturated/α-hetero) is 1. The molecule has 1 aromatic heterocycles. The zero-order valence-electron chi connectivity index (χ0n) is 17.3. The van der Waals surface area contributed by atoms with Crippen LogP contribution in [0.4, 0.5) is 4.39 Å². The largest absolute Gasteiger partial charge is 0.497 e. The van der Waals surface area contributed by atoms with Crippen molar-refractivity contribution in [1.82, 2.24) is 20.1 Å². The third kappa shape index (κ3) is 5.91. The predicted molar refractivity (Wildman–Crippen MR) is 116 cm³/mol. The van der Waals surface area contributed by atoms with Gasteiger partial charge in [-0.2, -0.15) is 0 Å². The van der Waals surface area contributed by atoms with Gasteiger partial charge >= 0.3 is 0 Å². The molecular formula is C22H23FN4O3S. The number of nitrogens with one attached hydrogen (secondary N) is 1. The van der Waals surface area contributed by atoms with Crippen molar-refractivity contribution < 1.29 is 18.7 Å². The van der Waals surface area contributed by atoms with Gasteiger partial charge in [-0.1, -0.05) is 11.8 Å². The van der Waals surface area contributed by atoms with Crippen molar-refractivity contribution in [3.05, 3.63) is 71.3 Å². The minimum Gasteiger partial charge on any atom is -0.497 e. The predicted octanol–water partition coefficient (Wildman–Crippen LogP) is 3.39. The number of ether oxygens (including phenoxy) is 1. The smallest absolute Gasteiger partial charge is 0.251 e. The van der Waals surface area contributed by atoms with Gasteiger partial charge in [0, 0.05) is 30.6 Å². The van der Waals surface area contributed by atoms with Crippen molar-refractivity contribution in [3.63, 3.8) is 0 Å². The first kappa shape index (κ1) is 22.5. The molecule has 7 nitrogen and oxygen atoms in total. The summed E-state index contributed by atoms with van der Waals surface area (Å²) >= 11 is 1.29. The number of benzene rings is 2. The van der Waals surface area contributed by atoms with Crippen molar-refractivity contribution in [2.75, 3.05) is 19.4 Å². The maximum Gasteiger partial charge on any atom is 0.251 e. The van der Waals surface area contributed by atoms with Gasteiger partial charge in [-0.3, -0.25) is 9.59 Å². The van der Waals surface area contributed by atoms with Crippen molar-refractivity contribution in [2.45, 2.75) is 25.0 Å². The summed E-state index contributed by atoms with van der Waals surface area (Å²) in [6.45, 7) is 3.01. The highest BCUT2D eigenvalue weighted by Gasteiger charge is 2.14. The quantitative estimate of drug-likeness (QED) is 0.383. The van der Waals surface area contributed by atoms with Gasteiger partial charge in [0.15, 0.2) is 10.9 Å². The number of halogens is 1. The molecule has 0 fully saturated rings. The zero-order chi connectivity index (χ0) is 22.2. The van der Waals surface area contributed by atoms with E-state index in [4.69, 9.17) is 4.74 Å². The van der Waals surface area contributed by atoms with E-state index in [1.54, 1.807) is 31.4 Å². The molecule has 0 unspecified atom stereocenters. The summed E-state index contributed by atoms with van der Waals surface area (Å²) in [7, 11) is 1.57. The van der Waals surface area contributed by atoms with Gasteiger partial charge < -0.3 is 14.6 Å². The molecule has 0 atom stereocenters. The van der Waals surface area contributed by atoms with Crippen LogP contribution in [0.2, 0.25) is 0 Å². The molecule has 162 valence electrons. The number of aromatic nitrogens is 3. The summed E-state index contributed by atoms with van der Waals surface area (Å²) in [5.41, 5.74) is 1.01. The van der Waals surface area contributed by atoms with E-state index < -0.39 is 0 Å². The first-order chi connectivity index (χ1) is 15.0. The Morgan fingerprint density at radius 2 is 1.74 bits per heavy atom. The summed E-state index contributed by atoms with van der Waals surface area (Å²) in [4.78, 5) is 24.6. The Labute approximate surface area is 184 Å². The molecule has 2 aromatic carbocycles. The van der Waals surface area contributed by atoms with Crippen LogP contribution in [0.25, 0.3) is 0 Å². The summed E-state index contributed by atoms with van der Waals surface area (Å²) in [5, 5.41) is 11.9. The Balaban J connectivity index is 1.53.